The normalized spacial score (nSPS) is 11.6. The smallest absolute Gasteiger partial charge is 0.417 e. The van der Waals surface area contributed by atoms with Crippen molar-refractivity contribution in [1.82, 2.24) is 0 Å². The molecule has 0 aliphatic rings. The van der Waals surface area contributed by atoms with E-state index in [-0.39, 0.29) is 9.33 Å². The predicted molar refractivity (Wildman–Crippen MR) is 67.3 cm³/mol. The lowest BCUT2D eigenvalue weighted by Crippen LogP contribution is -2.07. The summed E-state index contributed by atoms with van der Waals surface area (Å²) in [6, 6.07) is 6.70. The molecule has 2 aromatic rings. The Morgan fingerprint density at radius 1 is 1.17 bits per heavy atom. The van der Waals surface area contributed by atoms with Gasteiger partial charge in [0, 0.05) is 9.13 Å². The second kappa shape index (κ2) is 4.75. The van der Waals surface area contributed by atoms with Gasteiger partial charge in [0.25, 0.3) is 0 Å². The zero-order chi connectivity index (χ0) is 13.3. The van der Waals surface area contributed by atoms with Gasteiger partial charge in [-0.15, -0.1) is 0 Å². The lowest BCUT2D eigenvalue weighted by molar-refractivity contribution is -0.138. The van der Waals surface area contributed by atoms with Gasteiger partial charge in [-0.05, 0) is 46.9 Å². The number of hydrogen-bond acceptors (Lipinski definition) is 2. The van der Waals surface area contributed by atoms with Crippen LogP contribution in [0.25, 0.3) is 11.3 Å². The number of rotatable bonds is 2. The lowest BCUT2D eigenvalue weighted by atomic mass is 10.1. The number of carbonyl (C=O) groups is 1. The molecule has 0 amide bonds. The van der Waals surface area contributed by atoms with Crippen LogP contribution in [0.5, 0.6) is 0 Å². The van der Waals surface area contributed by atoms with Gasteiger partial charge in [-0.25, -0.2) is 0 Å². The average molecular weight is 366 g/mol. The predicted octanol–water partition coefficient (Wildman–Crippen LogP) is 4.38. The standard InChI is InChI=1S/C12H6F3IO2/c13-12(14,15)9-3-1-7(5-10(9)16)11-4-2-8(6-17)18-11/h1-6H. The maximum absolute atomic E-state index is 12.6. The highest BCUT2D eigenvalue weighted by Gasteiger charge is 2.32. The highest BCUT2D eigenvalue weighted by molar-refractivity contribution is 14.1. The van der Waals surface area contributed by atoms with Crippen molar-refractivity contribution in [2.75, 3.05) is 0 Å². The summed E-state index contributed by atoms with van der Waals surface area (Å²) in [5, 5.41) is 0. The van der Waals surface area contributed by atoms with E-state index in [2.05, 4.69) is 0 Å². The molecule has 0 unspecified atom stereocenters. The summed E-state index contributed by atoms with van der Waals surface area (Å²) in [6.45, 7) is 0. The molecule has 18 heavy (non-hydrogen) atoms. The first-order valence-electron chi connectivity index (χ1n) is 4.84. The molecule has 1 aromatic heterocycles. The maximum atomic E-state index is 12.6. The van der Waals surface area contributed by atoms with Crippen molar-refractivity contribution in [1.29, 1.82) is 0 Å². The summed E-state index contributed by atoms with van der Waals surface area (Å²) in [4.78, 5) is 10.5. The lowest BCUT2D eigenvalue weighted by Gasteiger charge is -2.09. The highest BCUT2D eigenvalue weighted by atomic mass is 127. The minimum Gasteiger partial charge on any atom is -0.453 e. The van der Waals surface area contributed by atoms with Crippen molar-refractivity contribution in [2.24, 2.45) is 0 Å². The number of benzene rings is 1. The molecule has 2 nitrogen and oxygen atoms in total. The van der Waals surface area contributed by atoms with E-state index in [0.29, 0.717) is 17.6 Å². The van der Waals surface area contributed by atoms with Crippen molar-refractivity contribution in [3.05, 3.63) is 45.2 Å². The van der Waals surface area contributed by atoms with Gasteiger partial charge < -0.3 is 4.42 Å². The van der Waals surface area contributed by atoms with Crippen LogP contribution in [-0.4, -0.2) is 6.29 Å². The fourth-order valence-corrected chi connectivity index (χ4v) is 2.29. The Kier molecular flexibility index (Phi) is 3.47. The maximum Gasteiger partial charge on any atom is 0.417 e. The first-order valence-corrected chi connectivity index (χ1v) is 5.92. The van der Waals surface area contributed by atoms with E-state index in [0.717, 1.165) is 6.07 Å². The molecule has 1 heterocycles. The molecule has 0 spiro atoms. The van der Waals surface area contributed by atoms with Gasteiger partial charge in [0.15, 0.2) is 12.0 Å². The molecule has 0 bridgehead atoms. The third-order valence-corrected chi connectivity index (χ3v) is 3.19. The summed E-state index contributed by atoms with van der Waals surface area (Å²) in [5.41, 5.74) is -0.186. The fraction of sp³-hybridized carbons (Fsp3) is 0.0833. The Morgan fingerprint density at radius 2 is 1.89 bits per heavy atom. The Balaban J connectivity index is 2.43. The molecule has 0 fully saturated rings. The Morgan fingerprint density at radius 3 is 2.39 bits per heavy atom. The van der Waals surface area contributed by atoms with Crippen LogP contribution >= 0.6 is 22.6 Å². The summed E-state index contributed by atoms with van der Waals surface area (Å²) in [7, 11) is 0. The van der Waals surface area contributed by atoms with Crippen LogP contribution in [0.1, 0.15) is 16.1 Å². The molecule has 1 aromatic carbocycles. The zero-order valence-corrected chi connectivity index (χ0v) is 10.9. The molecule has 0 radical (unpaired) electrons. The van der Waals surface area contributed by atoms with Gasteiger partial charge >= 0.3 is 6.18 Å². The molecule has 6 heteroatoms. The first kappa shape index (κ1) is 13.1. The highest BCUT2D eigenvalue weighted by Crippen LogP contribution is 2.35. The fourth-order valence-electron chi connectivity index (χ4n) is 1.47. The van der Waals surface area contributed by atoms with Crippen LogP contribution < -0.4 is 0 Å². The van der Waals surface area contributed by atoms with Crippen molar-refractivity contribution in [3.8, 4) is 11.3 Å². The van der Waals surface area contributed by atoms with E-state index in [4.69, 9.17) is 4.42 Å². The molecule has 0 aliphatic carbocycles. The third-order valence-electron chi connectivity index (χ3n) is 2.30. The summed E-state index contributed by atoms with van der Waals surface area (Å²) >= 11 is 1.62. The van der Waals surface area contributed by atoms with Crippen molar-refractivity contribution < 1.29 is 22.4 Å². The first-order chi connectivity index (χ1) is 8.41. The molecule has 0 saturated carbocycles. The zero-order valence-electron chi connectivity index (χ0n) is 8.79. The number of carbonyl (C=O) groups excluding carboxylic acids is 1. The van der Waals surface area contributed by atoms with E-state index in [1.165, 1.54) is 18.2 Å². The van der Waals surface area contributed by atoms with E-state index in [9.17, 15) is 18.0 Å². The Labute approximate surface area is 114 Å². The molecule has 2 rings (SSSR count). The van der Waals surface area contributed by atoms with Crippen LogP contribution in [-0.2, 0) is 6.18 Å². The topological polar surface area (TPSA) is 30.2 Å². The van der Waals surface area contributed by atoms with Crippen molar-refractivity contribution in [3.63, 3.8) is 0 Å². The van der Waals surface area contributed by atoms with E-state index < -0.39 is 11.7 Å². The van der Waals surface area contributed by atoms with Gasteiger partial charge in [-0.2, -0.15) is 13.2 Å². The Bertz CT molecular complexity index is 587. The molecule has 0 atom stereocenters. The second-order valence-electron chi connectivity index (χ2n) is 3.51. The van der Waals surface area contributed by atoms with Gasteiger partial charge in [0.05, 0.1) is 5.56 Å². The summed E-state index contributed by atoms with van der Waals surface area (Å²) in [6.07, 6.45) is -3.83. The minimum absolute atomic E-state index is 0.0849. The Hall–Kier alpha value is -1.31. The van der Waals surface area contributed by atoms with Gasteiger partial charge in [0.1, 0.15) is 5.76 Å². The molecular formula is C12H6F3IO2. The average Bonchev–Trinajstić information content (AvgIpc) is 2.75. The summed E-state index contributed by atoms with van der Waals surface area (Å²) < 4.78 is 42.9. The molecule has 0 saturated heterocycles. The second-order valence-corrected chi connectivity index (χ2v) is 4.67. The van der Waals surface area contributed by atoms with E-state index >= 15 is 0 Å². The minimum atomic E-state index is -4.37. The number of alkyl halides is 3. The third kappa shape index (κ3) is 2.58. The number of furan rings is 1. The number of halogens is 4. The summed E-state index contributed by atoms with van der Waals surface area (Å²) in [5.74, 6) is 0.503. The van der Waals surface area contributed by atoms with Crippen molar-refractivity contribution >= 4 is 28.9 Å². The largest absolute Gasteiger partial charge is 0.453 e. The molecule has 0 aliphatic heterocycles. The molecule has 0 N–H and O–H groups in total. The van der Waals surface area contributed by atoms with Crippen LogP contribution in [0.4, 0.5) is 13.2 Å². The van der Waals surface area contributed by atoms with Crippen LogP contribution in [0.3, 0.4) is 0 Å². The SMILES string of the molecule is O=Cc1ccc(-c2ccc(C(F)(F)F)c(I)c2)o1. The van der Waals surface area contributed by atoms with E-state index in [1.54, 1.807) is 28.7 Å². The van der Waals surface area contributed by atoms with E-state index in [1.807, 2.05) is 0 Å². The van der Waals surface area contributed by atoms with Gasteiger partial charge in [-0.1, -0.05) is 6.07 Å². The van der Waals surface area contributed by atoms with Crippen LogP contribution in [0.15, 0.2) is 34.7 Å². The molecular weight excluding hydrogens is 360 g/mol. The van der Waals surface area contributed by atoms with Crippen molar-refractivity contribution in [2.45, 2.75) is 6.18 Å². The van der Waals surface area contributed by atoms with Gasteiger partial charge in [0.2, 0.25) is 0 Å². The van der Waals surface area contributed by atoms with Gasteiger partial charge in [-0.3, -0.25) is 4.79 Å². The number of hydrogen-bond donors (Lipinski definition) is 0. The monoisotopic (exact) mass is 366 g/mol. The van der Waals surface area contributed by atoms with Crippen LogP contribution in [0.2, 0.25) is 0 Å². The quantitative estimate of drug-likeness (QED) is 0.583. The molecule has 94 valence electrons. The number of aldehydes is 1. The van der Waals surface area contributed by atoms with Crippen LogP contribution in [0, 0.1) is 3.57 Å².